The van der Waals surface area contributed by atoms with Crippen LogP contribution in [-0.4, -0.2) is 39.1 Å². The smallest absolute Gasteiger partial charge is 0.225 e. The predicted octanol–water partition coefficient (Wildman–Crippen LogP) is 5.32. The fourth-order valence-corrected chi connectivity index (χ4v) is 4.90. The number of nitrogens with zero attached hydrogens (tertiary/aromatic N) is 4. The van der Waals surface area contributed by atoms with Crippen LogP contribution in [0.3, 0.4) is 0 Å². The van der Waals surface area contributed by atoms with E-state index < -0.39 is 0 Å². The normalized spacial score (nSPS) is 17.7. The molecule has 6 nitrogen and oxygen atoms in total. The molecule has 3 aromatic heterocycles. The van der Waals surface area contributed by atoms with Gasteiger partial charge >= 0.3 is 0 Å². The molecule has 1 saturated carbocycles. The molecular weight excluding hydrogens is 372 g/mol. The molecule has 0 atom stereocenters. The lowest BCUT2D eigenvalue weighted by Gasteiger charge is -2.25. The first-order valence-corrected chi connectivity index (χ1v) is 11.7. The van der Waals surface area contributed by atoms with Crippen molar-refractivity contribution in [2.24, 2.45) is 0 Å². The van der Waals surface area contributed by atoms with Gasteiger partial charge < -0.3 is 15.2 Å². The number of H-pyrrole nitrogens is 1. The third-order valence-corrected chi connectivity index (χ3v) is 6.49. The van der Waals surface area contributed by atoms with Gasteiger partial charge in [0.2, 0.25) is 5.95 Å². The van der Waals surface area contributed by atoms with Crippen LogP contribution in [0, 0.1) is 0 Å². The van der Waals surface area contributed by atoms with Crippen molar-refractivity contribution in [1.29, 1.82) is 0 Å². The summed E-state index contributed by atoms with van der Waals surface area (Å²) in [5.74, 6) is 0.842. The molecule has 30 heavy (non-hydrogen) atoms. The lowest BCUT2D eigenvalue weighted by Crippen LogP contribution is -2.23. The van der Waals surface area contributed by atoms with E-state index in [1.807, 2.05) is 18.5 Å². The predicted molar refractivity (Wildman–Crippen MR) is 123 cm³/mol. The molecule has 4 heterocycles. The van der Waals surface area contributed by atoms with Gasteiger partial charge in [-0.05, 0) is 44.2 Å². The minimum absolute atomic E-state index is 0.521. The van der Waals surface area contributed by atoms with Crippen molar-refractivity contribution < 1.29 is 0 Å². The average molecular weight is 405 g/mol. The third-order valence-electron chi connectivity index (χ3n) is 6.49. The summed E-state index contributed by atoms with van der Waals surface area (Å²) < 4.78 is 0. The fraction of sp³-hybridized carbons (Fsp3) is 0.542. The van der Waals surface area contributed by atoms with Gasteiger partial charge in [-0.3, -0.25) is 0 Å². The molecule has 1 saturated heterocycles. The summed E-state index contributed by atoms with van der Waals surface area (Å²) in [6.07, 6.45) is 14.9. The Morgan fingerprint density at radius 1 is 1.10 bits per heavy atom. The SMILES string of the molecule is CCCc1cc2c(NC3CCCCC3)c(-c3ccnc(N4CCCC4)n3)cnc2[nH]1. The third kappa shape index (κ3) is 3.87. The van der Waals surface area contributed by atoms with Crippen LogP contribution in [0.25, 0.3) is 22.3 Å². The van der Waals surface area contributed by atoms with Gasteiger partial charge in [0.25, 0.3) is 0 Å². The van der Waals surface area contributed by atoms with Crippen LogP contribution < -0.4 is 10.2 Å². The second-order valence-electron chi connectivity index (χ2n) is 8.77. The molecule has 2 fully saturated rings. The van der Waals surface area contributed by atoms with Crippen LogP contribution in [0.5, 0.6) is 0 Å². The van der Waals surface area contributed by atoms with E-state index in [0.29, 0.717) is 6.04 Å². The van der Waals surface area contributed by atoms with Crippen molar-refractivity contribution in [3.05, 3.63) is 30.2 Å². The van der Waals surface area contributed by atoms with Gasteiger partial charge in [0.05, 0.1) is 11.4 Å². The van der Waals surface area contributed by atoms with Crippen molar-refractivity contribution in [2.75, 3.05) is 23.3 Å². The lowest BCUT2D eigenvalue weighted by molar-refractivity contribution is 0.463. The van der Waals surface area contributed by atoms with E-state index in [9.17, 15) is 0 Å². The Morgan fingerprint density at radius 2 is 1.93 bits per heavy atom. The summed E-state index contributed by atoms with van der Waals surface area (Å²) in [4.78, 5) is 20.1. The van der Waals surface area contributed by atoms with Gasteiger partial charge in [-0.15, -0.1) is 0 Å². The fourth-order valence-electron chi connectivity index (χ4n) is 4.90. The number of pyridine rings is 1. The molecule has 2 aliphatic rings. The second-order valence-corrected chi connectivity index (χ2v) is 8.77. The van der Waals surface area contributed by atoms with Gasteiger partial charge in [0, 0.05) is 48.2 Å². The lowest BCUT2D eigenvalue weighted by atomic mass is 9.94. The van der Waals surface area contributed by atoms with Crippen LogP contribution in [0.2, 0.25) is 0 Å². The monoisotopic (exact) mass is 404 g/mol. The Labute approximate surface area is 178 Å². The van der Waals surface area contributed by atoms with Crippen LogP contribution in [0.1, 0.15) is 64.0 Å². The number of anilines is 2. The van der Waals surface area contributed by atoms with E-state index >= 15 is 0 Å². The Bertz CT molecular complexity index is 998. The van der Waals surface area contributed by atoms with Gasteiger partial charge in [-0.25, -0.2) is 15.0 Å². The number of rotatable bonds is 6. The number of hydrogen-bond acceptors (Lipinski definition) is 5. The number of nitrogens with one attached hydrogen (secondary N) is 2. The molecule has 158 valence electrons. The molecule has 6 heteroatoms. The Balaban J connectivity index is 1.57. The van der Waals surface area contributed by atoms with Crippen molar-refractivity contribution in [3.63, 3.8) is 0 Å². The molecule has 3 aromatic rings. The summed E-state index contributed by atoms with van der Waals surface area (Å²) >= 11 is 0. The average Bonchev–Trinajstić information content (AvgIpc) is 3.45. The first-order valence-electron chi connectivity index (χ1n) is 11.7. The van der Waals surface area contributed by atoms with Gasteiger partial charge in [0.1, 0.15) is 5.65 Å². The quantitative estimate of drug-likeness (QED) is 0.582. The second kappa shape index (κ2) is 8.62. The van der Waals surface area contributed by atoms with Crippen molar-refractivity contribution >= 4 is 22.7 Å². The first-order chi connectivity index (χ1) is 14.8. The molecule has 0 radical (unpaired) electrons. The molecular formula is C24H32N6. The zero-order chi connectivity index (χ0) is 20.3. The van der Waals surface area contributed by atoms with Gasteiger partial charge in [0.15, 0.2) is 0 Å². The highest BCUT2D eigenvalue weighted by Crippen LogP contribution is 2.36. The summed E-state index contributed by atoms with van der Waals surface area (Å²) in [6.45, 7) is 4.31. The van der Waals surface area contributed by atoms with Crippen molar-refractivity contribution in [2.45, 2.75) is 70.8 Å². The maximum absolute atomic E-state index is 4.95. The molecule has 2 N–H and O–H groups in total. The summed E-state index contributed by atoms with van der Waals surface area (Å²) in [5, 5.41) is 5.08. The number of aryl methyl sites for hydroxylation is 1. The number of hydrogen-bond donors (Lipinski definition) is 2. The maximum Gasteiger partial charge on any atom is 0.225 e. The van der Waals surface area contributed by atoms with Crippen LogP contribution in [-0.2, 0) is 6.42 Å². The zero-order valence-electron chi connectivity index (χ0n) is 18.0. The molecule has 0 spiro atoms. The first kappa shape index (κ1) is 19.3. The Kier molecular flexibility index (Phi) is 5.56. The molecule has 0 aromatic carbocycles. The summed E-state index contributed by atoms with van der Waals surface area (Å²) in [5.41, 5.74) is 5.44. The van der Waals surface area contributed by atoms with Crippen LogP contribution in [0.15, 0.2) is 24.5 Å². The molecule has 0 bridgehead atoms. The van der Waals surface area contributed by atoms with Crippen molar-refractivity contribution in [3.8, 4) is 11.3 Å². The molecule has 1 aliphatic heterocycles. The Morgan fingerprint density at radius 3 is 2.73 bits per heavy atom. The van der Waals surface area contributed by atoms with Gasteiger partial charge in [-0.1, -0.05) is 32.6 Å². The summed E-state index contributed by atoms with van der Waals surface area (Å²) in [6, 6.07) is 4.82. The topological polar surface area (TPSA) is 69.7 Å². The Hall–Kier alpha value is -2.63. The van der Waals surface area contributed by atoms with E-state index in [2.05, 4.69) is 33.2 Å². The number of fused-ring (bicyclic) bond motifs is 1. The molecule has 1 aliphatic carbocycles. The number of aromatic nitrogens is 4. The van der Waals surface area contributed by atoms with Crippen LogP contribution in [0.4, 0.5) is 11.6 Å². The van der Waals surface area contributed by atoms with E-state index in [-0.39, 0.29) is 0 Å². The zero-order valence-corrected chi connectivity index (χ0v) is 18.0. The minimum atomic E-state index is 0.521. The largest absolute Gasteiger partial charge is 0.381 e. The van der Waals surface area contributed by atoms with E-state index in [1.165, 1.54) is 61.7 Å². The minimum Gasteiger partial charge on any atom is -0.381 e. The number of aromatic amines is 1. The standard InChI is InChI=1S/C24H32N6/c1-2-8-18-15-19-22(27-17-9-4-3-5-10-17)20(16-26-23(19)28-18)21-11-12-25-24(29-21)30-13-6-7-14-30/h11-12,15-17H,2-10,13-14H2,1H3,(H2,26,27,28). The van der Waals surface area contributed by atoms with E-state index in [4.69, 9.17) is 9.97 Å². The highest BCUT2D eigenvalue weighted by atomic mass is 15.3. The highest BCUT2D eigenvalue weighted by molar-refractivity contribution is 5.98. The summed E-state index contributed by atoms with van der Waals surface area (Å²) in [7, 11) is 0. The van der Waals surface area contributed by atoms with E-state index in [1.54, 1.807) is 0 Å². The van der Waals surface area contributed by atoms with Crippen LogP contribution >= 0.6 is 0 Å². The maximum atomic E-state index is 4.95. The molecule has 0 amide bonds. The van der Waals surface area contributed by atoms with Gasteiger partial charge in [-0.2, -0.15) is 0 Å². The van der Waals surface area contributed by atoms with Crippen molar-refractivity contribution in [1.82, 2.24) is 19.9 Å². The van der Waals surface area contributed by atoms with E-state index in [0.717, 1.165) is 48.8 Å². The molecule has 0 unspecified atom stereocenters. The molecule has 5 rings (SSSR count). The highest BCUT2D eigenvalue weighted by Gasteiger charge is 2.21.